The van der Waals surface area contributed by atoms with E-state index in [2.05, 4.69) is 21.3 Å². The summed E-state index contributed by atoms with van der Waals surface area (Å²) >= 11 is 6.61. The van der Waals surface area contributed by atoms with Crippen LogP contribution < -0.4 is 15.6 Å². The second-order valence-corrected chi connectivity index (χ2v) is 8.72. The van der Waals surface area contributed by atoms with Crippen LogP contribution in [0.15, 0.2) is 41.5 Å². The predicted molar refractivity (Wildman–Crippen MR) is 120 cm³/mol. The molecule has 4 heterocycles. The van der Waals surface area contributed by atoms with Gasteiger partial charge in [0.05, 0.1) is 28.5 Å². The highest BCUT2D eigenvalue weighted by atomic mass is 35.5. The van der Waals surface area contributed by atoms with Gasteiger partial charge in [0.2, 0.25) is 5.43 Å². The molecule has 2 aromatic heterocycles. The maximum absolute atomic E-state index is 12.9. The topological polar surface area (TPSA) is 87.5 Å². The number of aromatic nitrogens is 2. The number of rotatable bonds is 4. The number of carboxylic acids is 1. The van der Waals surface area contributed by atoms with Gasteiger partial charge in [0.15, 0.2) is 0 Å². The molecule has 2 aliphatic rings. The summed E-state index contributed by atoms with van der Waals surface area (Å²) in [5, 5.41) is 13.7. The van der Waals surface area contributed by atoms with Gasteiger partial charge in [-0.25, -0.2) is 4.79 Å². The smallest absolute Gasteiger partial charge is 0.341 e. The molecular formula is C23H23ClN4O3. The Kier molecular flexibility index (Phi) is 5.16. The first kappa shape index (κ1) is 20.0. The van der Waals surface area contributed by atoms with E-state index in [0.717, 1.165) is 48.4 Å². The molecule has 2 N–H and O–H groups in total. The molecule has 0 saturated carbocycles. The molecule has 7 nitrogen and oxygen atoms in total. The lowest BCUT2D eigenvalue weighted by atomic mass is 9.97. The molecule has 31 heavy (non-hydrogen) atoms. The number of hydrogen-bond acceptors (Lipinski definition) is 5. The Labute approximate surface area is 184 Å². The first-order valence-corrected chi connectivity index (χ1v) is 10.9. The van der Waals surface area contributed by atoms with Crippen LogP contribution >= 0.6 is 11.6 Å². The largest absolute Gasteiger partial charge is 0.477 e. The first-order valence-electron chi connectivity index (χ1n) is 10.5. The molecule has 0 unspecified atom stereocenters. The highest BCUT2D eigenvalue weighted by Crippen LogP contribution is 2.35. The van der Waals surface area contributed by atoms with E-state index in [4.69, 9.17) is 11.6 Å². The van der Waals surface area contributed by atoms with Crippen molar-refractivity contribution in [2.45, 2.75) is 32.5 Å². The van der Waals surface area contributed by atoms with Gasteiger partial charge >= 0.3 is 5.97 Å². The minimum absolute atomic E-state index is 0.219. The molecule has 160 valence electrons. The third-order valence-electron chi connectivity index (χ3n) is 6.32. The van der Waals surface area contributed by atoms with Gasteiger partial charge in [-0.1, -0.05) is 17.7 Å². The molecule has 8 heteroatoms. The average Bonchev–Trinajstić information content (AvgIpc) is 3.20. The minimum atomic E-state index is -1.22. The number of piperidine rings is 1. The Morgan fingerprint density at radius 2 is 2.06 bits per heavy atom. The summed E-state index contributed by atoms with van der Waals surface area (Å²) in [5.41, 5.74) is 3.01. The molecule has 5 rings (SSSR count). The SMILES string of the molecule is O=C(O)c1cn(CC2CCNCC2)c2cc(N3Cc4cccnc4C3)c(Cl)cc2c1=O. The number of anilines is 1. The predicted octanol–water partition coefficient (Wildman–Crippen LogP) is 3.27. The number of fused-ring (bicyclic) bond motifs is 2. The van der Waals surface area contributed by atoms with Crippen molar-refractivity contribution in [1.29, 1.82) is 0 Å². The molecule has 0 radical (unpaired) electrons. The molecular weight excluding hydrogens is 416 g/mol. The van der Waals surface area contributed by atoms with E-state index in [9.17, 15) is 14.7 Å². The zero-order valence-corrected chi connectivity index (χ0v) is 17.7. The highest BCUT2D eigenvalue weighted by Gasteiger charge is 2.24. The fourth-order valence-electron chi connectivity index (χ4n) is 4.66. The van der Waals surface area contributed by atoms with Gasteiger partial charge in [-0.2, -0.15) is 0 Å². The Morgan fingerprint density at radius 1 is 1.26 bits per heavy atom. The molecule has 0 atom stereocenters. The zero-order valence-electron chi connectivity index (χ0n) is 17.0. The Hall–Kier alpha value is -2.90. The van der Waals surface area contributed by atoms with Crippen molar-refractivity contribution in [1.82, 2.24) is 14.9 Å². The van der Waals surface area contributed by atoms with E-state index in [0.29, 0.717) is 36.0 Å². The van der Waals surface area contributed by atoms with E-state index in [1.54, 1.807) is 12.3 Å². The van der Waals surface area contributed by atoms with Crippen LogP contribution in [-0.2, 0) is 19.6 Å². The van der Waals surface area contributed by atoms with Crippen LogP contribution in [0.25, 0.3) is 10.9 Å². The van der Waals surface area contributed by atoms with E-state index >= 15 is 0 Å². The average molecular weight is 439 g/mol. The van der Waals surface area contributed by atoms with Crippen molar-refractivity contribution in [3.63, 3.8) is 0 Å². The monoisotopic (exact) mass is 438 g/mol. The third-order valence-corrected chi connectivity index (χ3v) is 6.62. The Morgan fingerprint density at radius 3 is 2.81 bits per heavy atom. The fourth-order valence-corrected chi connectivity index (χ4v) is 4.94. The number of carboxylic acid groups (broad SMARTS) is 1. The fraction of sp³-hybridized carbons (Fsp3) is 0.348. The van der Waals surface area contributed by atoms with Gasteiger partial charge in [-0.15, -0.1) is 0 Å². The number of hydrogen-bond donors (Lipinski definition) is 2. The Balaban J connectivity index is 1.62. The normalized spacial score (nSPS) is 16.6. The van der Waals surface area contributed by atoms with Crippen molar-refractivity contribution in [3.05, 3.63) is 68.7 Å². The van der Waals surface area contributed by atoms with Crippen molar-refractivity contribution in [2.24, 2.45) is 5.92 Å². The summed E-state index contributed by atoms with van der Waals surface area (Å²) in [4.78, 5) is 31.2. The van der Waals surface area contributed by atoms with Crippen LogP contribution in [0.4, 0.5) is 5.69 Å². The first-order chi connectivity index (χ1) is 15.0. The van der Waals surface area contributed by atoms with Crippen molar-refractivity contribution in [3.8, 4) is 0 Å². The van der Waals surface area contributed by atoms with Gasteiger partial charge < -0.3 is 19.9 Å². The summed E-state index contributed by atoms with van der Waals surface area (Å²) in [5.74, 6) is -0.791. The third kappa shape index (κ3) is 3.68. The van der Waals surface area contributed by atoms with Gasteiger partial charge in [0.1, 0.15) is 5.56 Å². The molecule has 0 amide bonds. The lowest BCUT2D eigenvalue weighted by Gasteiger charge is -2.26. The molecule has 2 aliphatic heterocycles. The van der Waals surface area contributed by atoms with Crippen LogP contribution in [-0.4, -0.2) is 33.7 Å². The number of carbonyl (C=O) groups is 1. The Bertz CT molecular complexity index is 1210. The maximum Gasteiger partial charge on any atom is 0.341 e. The van der Waals surface area contributed by atoms with E-state index in [-0.39, 0.29) is 5.56 Å². The molecule has 3 aromatic rings. The second-order valence-electron chi connectivity index (χ2n) is 8.31. The molecule has 1 aromatic carbocycles. The minimum Gasteiger partial charge on any atom is -0.477 e. The molecule has 0 aliphatic carbocycles. The van der Waals surface area contributed by atoms with Crippen LogP contribution in [0.2, 0.25) is 5.02 Å². The van der Waals surface area contributed by atoms with E-state index in [1.165, 1.54) is 6.20 Å². The second kappa shape index (κ2) is 7.98. The van der Waals surface area contributed by atoms with Crippen molar-refractivity contribution in [2.75, 3.05) is 18.0 Å². The van der Waals surface area contributed by atoms with Crippen LogP contribution in [0.3, 0.4) is 0 Å². The van der Waals surface area contributed by atoms with Gasteiger partial charge in [0.25, 0.3) is 0 Å². The van der Waals surface area contributed by atoms with Gasteiger partial charge in [0, 0.05) is 30.9 Å². The standard InChI is InChI=1S/C23H23ClN4O3/c24-18-8-16-20(9-21(18)28-11-15-2-1-5-26-19(15)13-28)27(10-14-3-6-25-7-4-14)12-17(22(16)29)23(30)31/h1-2,5,8-9,12,14,25H,3-4,6-7,10-11,13H2,(H,30,31). The summed E-state index contributed by atoms with van der Waals surface area (Å²) < 4.78 is 1.93. The summed E-state index contributed by atoms with van der Waals surface area (Å²) in [7, 11) is 0. The van der Waals surface area contributed by atoms with Gasteiger partial charge in [-0.3, -0.25) is 9.78 Å². The highest BCUT2D eigenvalue weighted by molar-refractivity contribution is 6.34. The number of halogens is 1. The molecule has 0 spiro atoms. The van der Waals surface area contributed by atoms with Crippen molar-refractivity contribution >= 4 is 34.2 Å². The quantitative estimate of drug-likeness (QED) is 0.650. The van der Waals surface area contributed by atoms with E-state index < -0.39 is 11.4 Å². The lowest BCUT2D eigenvalue weighted by molar-refractivity contribution is 0.0694. The number of aromatic carboxylic acids is 1. The van der Waals surface area contributed by atoms with E-state index in [1.807, 2.05) is 16.7 Å². The number of pyridine rings is 2. The number of nitrogens with one attached hydrogen (secondary N) is 1. The van der Waals surface area contributed by atoms with Crippen LogP contribution in [0.5, 0.6) is 0 Å². The van der Waals surface area contributed by atoms with Gasteiger partial charge in [-0.05, 0) is 55.6 Å². The molecule has 1 saturated heterocycles. The number of benzene rings is 1. The summed E-state index contributed by atoms with van der Waals surface area (Å²) in [6.45, 7) is 3.91. The molecule has 1 fully saturated rings. The lowest BCUT2D eigenvalue weighted by Crippen LogP contribution is -2.30. The summed E-state index contributed by atoms with van der Waals surface area (Å²) in [6.07, 6.45) is 5.31. The van der Waals surface area contributed by atoms with Crippen LogP contribution in [0, 0.1) is 5.92 Å². The maximum atomic E-state index is 12.9. The zero-order chi connectivity index (χ0) is 21.5. The number of nitrogens with zero attached hydrogens (tertiary/aromatic N) is 3. The van der Waals surface area contributed by atoms with Crippen LogP contribution in [0.1, 0.15) is 34.5 Å². The van der Waals surface area contributed by atoms with Crippen molar-refractivity contribution < 1.29 is 9.90 Å². The summed E-state index contributed by atoms with van der Waals surface area (Å²) in [6, 6.07) is 7.53. The molecule has 0 bridgehead atoms.